The molecular formula is C12H18N2O. The van der Waals surface area contributed by atoms with Crippen molar-refractivity contribution in [1.82, 2.24) is 4.98 Å². The fraction of sp³-hybridized carbons (Fsp3) is 0.417. The molecule has 1 rings (SSSR count). The van der Waals surface area contributed by atoms with E-state index in [0.29, 0.717) is 6.61 Å². The maximum Gasteiger partial charge on any atom is 0.129 e. The van der Waals surface area contributed by atoms with Gasteiger partial charge >= 0.3 is 0 Å². The highest BCUT2D eigenvalue weighted by Crippen LogP contribution is 2.14. The van der Waals surface area contributed by atoms with Crippen LogP contribution in [0, 0.1) is 0 Å². The molecule has 1 aromatic rings. The molecule has 1 N–H and O–H groups in total. The maximum atomic E-state index is 5.50. The zero-order chi connectivity index (χ0) is 10.9. The van der Waals surface area contributed by atoms with Crippen LogP contribution in [0.1, 0.15) is 20.3 Å². The SMILES string of the molecule is C/C=C/COc1ccnc(NCCC)c1. The lowest BCUT2D eigenvalue weighted by molar-refractivity contribution is 0.362. The smallest absolute Gasteiger partial charge is 0.129 e. The summed E-state index contributed by atoms with van der Waals surface area (Å²) in [6.45, 7) is 5.64. The fourth-order valence-electron chi connectivity index (χ4n) is 1.09. The van der Waals surface area contributed by atoms with Crippen LogP contribution in [0.25, 0.3) is 0 Å². The molecule has 0 radical (unpaired) electrons. The molecule has 0 aliphatic rings. The number of nitrogens with one attached hydrogen (secondary N) is 1. The lowest BCUT2D eigenvalue weighted by atomic mass is 10.4. The summed E-state index contributed by atoms with van der Waals surface area (Å²) >= 11 is 0. The van der Waals surface area contributed by atoms with Crippen LogP contribution in [-0.2, 0) is 0 Å². The van der Waals surface area contributed by atoms with E-state index < -0.39 is 0 Å². The molecule has 0 saturated carbocycles. The van der Waals surface area contributed by atoms with Crippen LogP contribution < -0.4 is 10.1 Å². The number of rotatable bonds is 6. The summed E-state index contributed by atoms with van der Waals surface area (Å²) < 4.78 is 5.50. The maximum absolute atomic E-state index is 5.50. The van der Waals surface area contributed by atoms with Crippen molar-refractivity contribution in [2.24, 2.45) is 0 Å². The quantitative estimate of drug-likeness (QED) is 0.727. The summed E-state index contributed by atoms with van der Waals surface area (Å²) in [6, 6.07) is 3.78. The van der Waals surface area contributed by atoms with Gasteiger partial charge in [0.2, 0.25) is 0 Å². The minimum Gasteiger partial charge on any atom is -0.489 e. The van der Waals surface area contributed by atoms with Gasteiger partial charge in [0.1, 0.15) is 18.2 Å². The highest BCUT2D eigenvalue weighted by Gasteiger charge is 1.95. The van der Waals surface area contributed by atoms with Crippen molar-refractivity contribution in [3.8, 4) is 5.75 Å². The summed E-state index contributed by atoms with van der Waals surface area (Å²) in [7, 11) is 0. The first-order valence-electron chi connectivity index (χ1n) is 5.30. The van der Waals surface area contributed by atoms with E-state index in [1.807, 2.05) is 31.2 Å². The first-order chi connectivity index (χ1) is 7.36. The highest BCUT2D eigenvalue weighted by atomic mass is 16.5. The van der Waals surface area contributed by atoms with Crippen LogP contribution in [0.3, 0.4) is 0 Å². The molecule has 0 spiro atoms. The van der Waals surface area contributed by atoms with Crippen molar-refractivity contribution < 1.29 is 4.74 Å². The van der Waals surface area contributed by atoms with Crippen LogP contribution in [-0.4, -0.2) is 18.1 Å². The summed E-state index contributed by atoms with van der Waals surface area (Å²) in [4.78, 5) is 4.20. The summed E-state index contributed by atoms with van der Waals surface area (Å²) in [5.74, 6) is 1.72. The second-order valence-electron chi connectivity index (χ2n) is 3.18. The van der Waals surface area contributed by atoms with Gasteiger partial charge < -0.3 is 10.1 Å². The number of ether oxygens (including phenoxy) is 1. The average Bonchev–Trinajstić information content (AvgIpc) is 2.27. The number of anilines is 1. The molecule has 3 heteroatoms. The standard InChI is InChI=1S/C12H18N2O/c1-3-5-9-15-11-6-8-14-12(10-11)13-7-4-2/h3,5-6,8,10H,4,7,9H2,1-2H3,(H,13,14)/b5-3+. The van der Waals surface area contributed by atoms with Gasteiger partial charge in [0.15, 0.2) is 0 Å². The van der Waals surface area contributed by atoms with Gasteiger partial charge in [-0.25, -0.2) is 4.98 Å². The number of pyridine rings is 1. The first kappa shape index (κ1) is 11.6. The molecule has 82 valence electrons. The van der Waals surface area contributed by atoms with E-state index in [-0.39, 0.29) is 0 Å². The Kier molecular flexibility index (Phi) is 5.30. The fourth-order valence-corrected chi connectivity index (χ4v) is 1.09. The predicted molar refractivity (Wildman–Crippen MR) is 63.3 cm³/mol. The van der Waals surface area contributed by atoms with Crippen molar-refractivity contribution in [3.05, 3.63) is 30.5 Å². The molecule has 0 atom stereocenters. The molecule has 3 nitrogen and oxygen atoms in total. The Morgan fingerprint density at radius 1 is 1.53 bits per heavy atom. The van der Waals surface area contributed by atoms with Gasteiger partial charge in [0, 0.05) is 18.8 Å². The Labute approximate surface area is 91.2 Å². The van der Waals surface area contributed by atoms with E-state index in [0.717, 1.165) is 24.5 Å². The molecule has 0 aliphatic heterocycles. The minimum atomic E-state index is 0.605. The molecule has 0 unspecified atom stereocenters. The van der Waals surface area contributed by atoms with Crippen molar-refractivity contribution in [2.75, 3.05) is 18.5 Å². The third-order valence-corrected chi connectivity index (χ3v) is 1.87. The number of allylic oxidation sites excluding steroid dienone is 1. The monoisotopic (exact) mass is 206 g/mol. The Morgan fingerprint density at radius 2 is 2.40 bits per heavy atom. The van der Waals surface area contributed by atoms with E-state index in [1.165, 1.54) is 0 Å². The number of nitrogens with zero attached hydrogens (tertiary/aromatic N) is 1. The third kappa shape index (κ3) is 4.49. The predicted octanol–water partition coefficient (Wildman–Crippen LogP) is 2.86. The third-order valence-electron chi connectivity index (χ3n) is 1.87. The molecule has 0 amide bonds. The molecule has 0 aromatic carbocycles. The Bertz CT molecular complexity index is 310. The minimum absolute atomic E-state index is 0.605. The summed E-state index contributed by atoms with van der Waals surface area (Å²) in [5, 5.41) is 3.22. The van der Waals surface area contributed by atoms with Gasteiger partial charge in [-0.05, 0) is 19.4 Å². The number of aromatic nitrogens is 1. The van der Waals surface area contributed by atoms with Gasteiger partial charge in [-0.1, -0.05) is 19.1 Å². The van der Waals surface area contributed by atoms with E-state index >= 15 is 0 Å². The first-order valence-corrected chi connectivity index (χ1v) is 5.30. The summed E-state index contributed by atoms with van der Waals surface area (Å²) in [6.07, 6.45) is 6.78. The lowest BCUT2D eigenvalue weighted by Crippen LogP contribution is -2.02. The molecule has 15 heavy (non-hydrogen) atoms. The largest absolute Gasteiger partial charge is 0.489 e. The van der Waals surface area contributed by atoms with Gasteiger partial charge in [-0.3, -0.25) is 0 Å². The van der Waals surface area contributed by atoms with E-state index in [2.05, 4.69) is 17.2 Å². The normalized spacial score (nSPS) is 10.5. The Hall–Kier alpha value is -1.51. The zero-order valence-corrected chi connectivity index (χ0v) is 9.36. The topological polar surface area (TPSA) is 34.1 Å². The second kappa shape index (κ2) is 6.87. The van der Waals surface area contributed by atoms with Gasteiger partial charge in [-0.2, -0.15) is 0 Å². The molecule has 1 aromatic heterocycles. The highest BCUT2D eigenvalue weighted by molar-refractivity contribution is 5.40. The van der Waals surface area contributed by atoms with Crippen LogP contribution in [0.15, 0.2) is 30.5 Å². The van der Waals surface area contributed by atoms with Crippen LogP contribution in [0.2, 0.25) is 0 Å². The van der Waals surface area contributed by atoms with Gasteiger partial charge in [0.25, 0.3) is 0 Å². The van der Waals surface area contributed by atoms with Crippen LogP contribution >= 0.6 is 0 Å². The zero-order valence-electron chi connectivity index (χ0n) is 9.36. The summed E-state index contributed by atoms with van der Waals surface area (Å²) in [5.41, 5.74) is 0. The molecule has 0 saturated heterocycles. The Balaban J connectivity index is 2.49. The van der Waals surface area contributed by atoms with Gasteiger partial charge in [-0.15, -0.1) is 0 Å². The van der Waals surface area contributed by atoms with Crippen molar-refractivity contribution >= 4 is 5.82 Å². The molecular weight excluding hydrogens is 188 g/mol. The molecule has 0 bridgehead atoms. The van der Waals surface area contributed by atoms with E-state index in [9.17, 15) is 0 Å². The van der Waals surface area contributed by atoms with Crippen molar-refractivity contribution in [1.29, 1.82) is 0 Å². The van der Waals surface area contributed by atoms with Gasteiger partial charge in [0.05, 0.1) is 0 Å². The number of hydrogen-bond acceptors (Lipinski definition) is 3. The molecule has 0 fully saturated rings. The second-order valence-corrected chi connectivity index (χ2v) is 3.18. The van der Waals surface area contributed by atoms with Crippen molar-refractivity contribution in [3.63, 3.8) is 0 Å². The van der Waals surface area contributed by atoms with Crippen LogP contribution in [0.5, 0.6) is 5.75 Å². The van der Waals surface area contributed by atoms with Crippen LogP contribution in [0.4, 0.5) is 5.82 Å². The Morgan fingerprint density at radius 3 is 3.13 bits per heavy atom. The van der Waals surface area contributed by atoms with E-state index in [1.54, 1.807) is 6.20 Å². The number of hydrogen-bond donors (Lipinski definition) is 1. The van der Waals surface area contributed by atoms with E-state index in [4.69, 9.17) is 4.74 Å². The molecule has 0 aliphatic carbocycles. The lowest BCUT2D eigenvalue weighted by Gasteiger charge is -2.06. The average molecular weight is 206 g/mol. The molecule has 1 heterocycles. The van der Waals surface area contributed by atoms with Crippen molar-refractivity contribution in [2.45, 2.75) is 20.3 Å².